The highest BCUT2D eigenvalue weighted by Crippen LogP contribution is 2.44. The SMILES string of the molecule is COc1cc2c(c(OC(=O)C=C(C)C)c1C(=O)/C=C/C/C(C)=C/C(=O)Oc1ccccc1)C=CC(C)(C)O2. The van der Waals surface area contributed by atoms with Gasteiger partial charge in [-0.15, -0.1) is 0 Å². The predicted octanol–water partition coefficient (Wildman–Crippen LogP) is 6.43. The summed E-state index contributed by atoms with van der Waals surface area (Å²) in [5.41, 5.74) is 1.42. The van der Waals surface area contributed by atoms with Crippen LogP contribution < -0.4 is 18.9 Å². The number of esters is 2. The molecule has 2 aromatic carbocycles. The molecule has 0 aliphatic carbocycles. The van der Waals surface area contributed by atoms with Crippen molar-refractivity contribution in [1.82, 2.24) is 0 Å². The molecule has 1 aliphatic heterocycles. The van der Waals surface area contributed by atoms with E-state index >= 15 is 0 Å². The number of allylic oxidation sites excluding steroid dienone is 4. The van der Waals surface area contributed by atoms with Gasteiger partial charge in [0.1, 0.15) is 28.4 Å². The summed E-state index contributed by atoms with van der Waals surface area (Å²) in [5, 5.41) is 0. The first kappa shape index (κ1) is 28.2. The summed E-state index contributed by atoms with van der Waals surface area (Å²) in [5.74, 6) is -0.401. The fraction of sp³-hybridized carbons (Fsp3) is 0.258. The van der Waals surface area contributed by atoms with Gasteiger partial charge in [-0.05, 0) is 71.4 Å². The highest BCUT2D eigenvalue weighted by atomic mass is 16.5. The first-order valence-corrected chi connectivity index (χ1v) is 12.1. The Morgan fingerprint density at radius 2 is 1.66 bits per heavy atom. The molecule has 0 fully saturated rings. The van der Waals surface area contributed by atoms with E-state index in [2.05, 4.69) is 0 Å². The zero-order valence-corrected chi connectivity index (χ0v) is 22.5. The Morgan fingerprint density at radius 1 is 0.974 bits per heavy atom. The molecule has 0 bridgehead atoms. The summed E-state index contributed by atoms with van der Waals surface area (Å²) in [7, 11) is 1.43. The number of benzene rings is 2. The zero-order chi connectivity index (χ0) is 27.9. The molecule has 38 heavy (non-hydrogen) atoms. The van der Waals surface area contributed by atoms with Gasteiger partial charge in [0, 0.05) is 18.2 Å². The molecular formula is C31H32O7. The first-order valence-electron chi connectivity index (χ1n) is 12.1. The minimum atomic E-state index is -0.618. The molecule has 7 heteroatoms. The second-order valence-electron chi connectivity index (χ2n) is 9.57. The standard InChI is InChI=1S/C31H32O7/c1-20(2)17-27(33)37-30-23-15-16-31(4,5)38-25(23)19-26(35-6)29(30)24(32)14-10-11-21(3)18-28(34)36-22-12-8-7-9-13-22/h7-10,12-19H,11H2,1-6H3/b14-10+,21-18+. The minimum Gasteiger partial charge on any atom is -0.496 e. The molecule has 1 heterocycles. The highest BCUT2D eigenvalue weighted by Gasteiger charge is 2.30. The van der Waals surface area contributed by atoms with E-state index in [9.17, 15) is 14.4 Å². The third kappa shape index (κ3) is 7.56. The lowest BCUT2D eigenvalue weighted by molar-refractivity contribution is -0.130. The van der Waals surface area contributed by atoms with Gasteiger partial charge < -0.3 is 18.9 Å². The van der Waals surface area contributed by atoms with Crippen LogP contribution in [-0.2, 0) is 9.59 Å². The van der Waals surface area contributed by atoms with Crippen LogP contribution in [0.4, 0.5) is 0 Å². The fourth-order valence-corrected chi connectivity index (χ4v) is 3.67. The molecule has 1 aliphatic rings. The third-order valence-corrected chi connectivity index (χ3v) is 5.38. The molecule has 0 amide bonds. The predicted molar refractivity (Wildman–Crippen MR) is 146 cm³/mol. The maximum Gasteiger partial charge on any atom is 0.336 e. The van der Waals surface area contributed by atoms with Crippen molar-refractivity contribution in [3.63, 3.8) is 0 Å². The molecule has 0 atom stereocenters. The quantitative estimate of drug-likeness (QED) is 0.164. The van der Waals surface area contributed by atoms with Crippen molar-refractivity contribution in [1.29, 1.82) is 0 Å². The Hall–Kier alpha value is -4.39. The van der Waals surface area contributed by atoms with Gasteiger partial charge in [0.05, 0.1) is 12.7 Å². The van der Waals surface area contributed by atoms with E-state index < -0.39 is 23.3 Å². The molecule has 7 nitrogen and oxygen atoms in total. The average molecular weight is 517 g/mol. The Bertz CT molecular complexity index is 1340. The van der Waals surface area contributed by atoms with E-state index in [0.29, 0.717) is 29.1 Å². The molecule has 0 saturated heterocycles. The van der Waals surface area contributed by atoms with Gasteiger partial charge in [0.2, 0.25) is 0 Å². The van der Waals surface area contributed by atoms with Crippen LogP contribution in [0, 0.1) is 0 Å². The largest absolute Gasteiger partial charge is 0.496 e. The number of hydrogen-bond acceptors (Lipinski definition) is 7. The molecule has 0 unspecified atom stereocenters. The molecule has 0 spiro atoms. The Kier molecular flexibility index (Phi) is 9.07. The maximum absolute atomic E-state index is 13.4. The van der Waals surface area contributed by atoms with Crippen molar-refractivity contribution in [2.24, 2.45) is 0 Å². The average Bonchev–Trinajstić information content (AvgIpc) is 2.82. The van der Waals surface area contributed by atoms with Crippen molar-refractivity contribution in [3.05, 3.63) is 89.1 Å². The van der Waals surface area contributed by atoms with Crippen LogP contribution in [0.5, 0.6) is 23.0 Å². The molecule has 0 N–H and O–H groups in total. The molecule has 3 rings (SSSR count). The van der Waals surface area contributed by atoms with Crippen molar-refractivity contribution in [2.45, 2.75) is 46.6 Å². The van der Waals surface area contributed by atoms with Crippen LogP contribution in [0.2, 0.25) is 0 Å². The molecule has 0 aromatic heterocycles. The van der Waals surface area contributed by atoms with E-state index in [-0.39, 0.29) is 17.1 Å². The van der Waals surface area contributed by atoms with E-state index in [1.807, 2.05) is 26.0 Å². The lowest BCUT2D eigenvalue weighted by Gasteiger charge is -2.29. The van der Waals surface area contributed by atoms with Crippen LogP contribution in [0.1, 0.15) is 57.0 Å². The van der Waals surface area contributed by atoms with Crippen molar-refractivity contribution >= 4 is 23.8 Å². The maximum atomic E-state index is 13.4. The lowest BCUT2D eigenvalue weighted by atomic mass is 9.97. The Balaban J connectivity index is 1.88. The van der Waals surface area contributed by atoms with Crippen LogP contribution in [0.15, 0.2) is 77.9 Å². The van der Waals surface area contributed by atoms with Crippen molar-refractivity contribution in [2.75, 3.05) is 7.11 Å². The summed E-state index contributed by atoms with van der Waals surface area (Å²) in [6, 6.07) is 10.4. The van der Waals surface area contributed by atoms with Crippen LogP contribution in [0.25, 0.3) is 6.08 Å². The summed E-state index contributed by atoms with van der Waals surface area (Å²) in [4.78, 5) is 38.1. The fourth-order valence-electron chi connectivity index (χ4n) is 3.67. The smallest absolute Gasteiger partial charge is 0.336 e. The molecule has 0 saturated carbocycles. The van der Waals surface area contributed by atoms with Gasteiger partial charge in [0.15, 0.2) is 11.5 Å². The first-order chi connectivity index (χ1) is 18.0. The summed E-state index contributed by atoms with van der Waals surface area (Å²) in [6.07, 6.45) is 9.63. The van der Waals surface area contributed by atoms with E-state index in [1.165, 1.54) is 25.3 Å². The lowest BCUT2D eigenvalue weighted by Crippen LogP contribution is -2.28. The van der Waals surface area contributed by atoms with E-state index in [4.69, 9.17) is 18.9 Å². The Morgan fingerprint density at radius 3 is 2.32 bits per heavy atom. The molecular weight excluding hydrogens is 484 g/mol. The van der Waals surface area contributed by atoms with Crippen LogP contribution in [0.3, 0.4) is 0 Å². The molecule has 0 radical (unpaired) electrons. The molecule has 2 aromatic rings. The van der Waals surface area contributed by atoms with Gasteiger partial charge in [-0.1, -0.05) is 35.4 Å². The van der Waals surface area contributed by atoms with Crippen LogP contribution in [-0.4, -0.2) is 30.4 Å². The number of para-hydroxylation sites is 1. The van der Waals surface area contributed by atoms with Crippen molar-refractivity contribution in [3.8, 4) is 23.0 Å². The van der Waals surface area contributed by atoms with Gasteiger partial charge in [-0.3, -0.25) is 4.79 Å². The monoisotopic (exact) mass is 516 g/mol. The number of methoxy groups -OCH3 is 1. The summed E-state index contributed by atoms with van der Waals surface area (Å²) >= 11 is 0. The number of fused-ring (bicyclic) bond motifs is 1. The number of ketones is 1. The zero-order valence-electron chi connectivity index (χ0n) is 22.5. The van der Waals surface area contributed by atoms with Gasteiger partial charge in [-0.25, -0.2) is 9.59 Å². The van der Waals surface area contributed by atoms with Crippen LogP contribution >= 0.6 is 0 Å². The number of hydrogen-bond donors (Lipinski definition) is 0. The van der Waals surface area contributed by atoms with Gasteiger partial charge in [-0.2, -0.15) is 0 Å². The normalized spacial score (nSPS) is 13.8. The topological polar surface area (TPSA) is 88.1 Å². The number of rotatable bonds is 9. The number of carbonyl (C=O) groups excluding carboxylic acids is 3. The summed E-state index contributed by atoms with van der Waals surface area (Å²) < 4.78 is 22.5. The van der Waals surface area contributed by atoms with Gasteiger partial charge in [0.25, 0.3) is 0 Å². The number of ether oxygens (including phenoxy) is 4. The van der Waals surface area contributed by atoms with E-state index in [0.717, 1.165) is 5.57 Å². The minimum absolute atomic E-state index is 0.0574. The highest BCUT2D eigenvalue weighted by molar-refractivity contribution is 6.10. The summed E-state index contributed by atoms with van der Waals surface area (Å²) in [6.45, 7) is 9.08. The Labute approximate surface area is 223 Å². The third-order valence-electron chi connectivity index (χ3n) is 5.38. The van der Waals surface area contributed by atoms with E-state index in [1.54, 1.807) is 63.3 Å². The number of carbonyl (C=O) groups is 3. The second-order valence-corrected chi connectivity index (χ2v) is 9.57. The molecule has 198 valence electrons. The van der Waals surface area contributed by atoms with Crippen molar-refractivity contribution < 1.29 is 33.3 Å². The second kappa shape index (κ2) is 12.2. The van der Waals surface area contributed by atoms with Gasteiger partial charge >= 0.3 is 11.9 Å².